The van der Waals surface area contributed by atoms with Gasteiger partial charge in [-0.2, -0.15) is 0 Å². The van der Waals surface area contributed by atoms with E-state index >= 15 is 0 Å². The fourth-order valence-electron chi connectivity index (χ4n) is 3.39. The van der Waals surface area contributed by atoms with Crippen molar-refractivity contribution >= 4 is 0 Å². The van der Waals surface area contributed by atoms with E-state index in [-0.39, 0.29) is 6.61 Å². The zero-order valence-corrected chi connectivity index (χ0v) is 17.1. The van der Waals surface area contributed by atoms with Crippen LogP contribution in [0.2, 0.25) is 0 Å². The van der Waals surface area contributed by atoms with E-state index in [1.54, 1.807) is 6.92 Å². The first-order valence-corrected chi connectivity index (χ1v) is 11.1. The smallest absolute Gasteiger partial charge is 0.105 e. The molecule has 2 unspecified atom stereocenters. The van der Waals surface area contributed by atoms with E-state index < -0.39 is 11.7 Å². The second-order valence-electron chi connectivity index (χ2n) is 8.11. The lowest BCUT2D eigenvalue weighted by Crippen LogP contribution is -2.41. The van der Waals surface area contributed by atoms with Crippen molar-refractivity contribution in [3.8, 4) is 0 Å². The predicted octanol–water partition coefficient (Wildman–Crippen LogP) is 5.74. The first kappa shape index (κ1) is 24.9. The minimum absolute atomic E-state index is 0.369. The van der Waals surface area contributed by atoms with Crippen molar-refractivity contribution in [3.05, 3.63) is 0 Å². The second kappa shape index (κ2) is 17.3. The van der Waals surface area contributed by atoms with E-state index in [1.807, 2.05) is 0 Å². The lowest BCUT2D eigenvalue weighted by molar-refractivity contribution is -0.0883. The number of unbranched alkanes of at least 4 members (excludes halogenated alkanes) is 15. The summed E-state index contributed by atoms with van der Waals surface area (Å²) in [6, 6.07) is 0. The largest absolute Gasteiger partial charge is 0.394 e. The summed E-state index contributed by atoms with van der Waals surface area (Å²) in [7, 11) is 0. The Bertz CT molecular complexity index is 266. The zero-order valence-electron chi connectivity index (χ0n) is 17.1. The quantitative estimate of drug-likeness (QED) is 0.258. The third-order valence-electron chi connectivity index (χ3n) is 5.43. The monoisotopic (exact) mass is 358 g/mol. The molecule has 0 fully saturated rings. The molecule has 0 aromatic carbocycles. The molecule has 3 heteroatoms. The van der Waals surface area contributed by atoms with Crippen LogP contribution in [0.1, 0.15) is 123 Å². The third-order valence-corrected chi connectivity index (χ3v) is 5.43. The molecule has 0 radical (unpaired) electrons. The molecule has 0 rings (SSSR count). The standard InChI is InChI=1S/C22H46O3/c1-3-4-5-6-7-8-9-10-11-12-13-14-15-16-17-18-19-22(2,25)21(24)20-23/h21,23-25H,3-20H2,1-2H3. The molecule has 0 saturated carbocycles. The maximum atomic E-state index is 9.99. The Labute approximate surface area is 157 Å². The lowest BCUT2D eigenvalue weighted by atomic mass is 9.92. The Morgan fingerprint density at radius 3 is 1.28 bits per heavy atom. The van der Waals surface area contributed by atoms with Gasteiger partial charge in [-0.25, -0.2) is 0 Å². The van der Waals surface area contributed by atoms with Crippen molar-refractivity contribution in [1.82, 2.24) is 0 Å². The van der Waals surface area contributed by atoms with Gasteiger partial charge in [0.25, 0.3) is 0 Å². The molecular weight excluding hydrogens is 312 g/mol. The minimum Gasteiger partial charge on any atom is -0.394 e. The van der Waals surface area contributed by atoms with Gasteiger partial charge in [-0.05, 0) is 13.3 Å². The van der Waals surface area contributed by atoms with Crippen LogP contribution in [-0.4, -0.2) is 33.6 Å². The van der Waals surface area contributed by atoms with Gasteiger partial charge in [-0.1, -0.05) is 110 Å². The Kier molecular flexibility index (Phi) is 17.2. The number of hydrogen-bond donors (Lipinski definition) is 3. The maximum absolute atomic E-state index is 9.99. The van der Waals surface area contributed by atoms with E-state index in [0.29, 0.717) is 6.42 Å². The number of aliphatic hydroxyl groups excluding tert-OH is 2. The topological polar surface area (TPSA) is 60.7 Å². The molecule has 0 aromatic rings. The van der Waals surface area contributed by atoms with Gasteiger partial charge in [0.05, 0.1) is 12.2 Å². The highest BCUT2D eigenvalue weighted by molar-refractivity contribution is 4.80. The number of rotatable bonds is 19. The van der Waals surface area contributed by atoms with Crippen molar-refractivity contribution in [2.24, 2.45) is 0 Å². The van der Waals surface area contributed by atoms with E-state index in [1.165, 1.54) is 89.9 Å². The molecule has 0 aliphatic rings. The summed E-state index contributed by atoms with van der Waals surface area (Å²) in [5.41, 5.74) is -1.15. The van der Waals surface area contributed by atoms with Crippen LogP contribution in [0, 0.1) is 0 Å². The van der Waals surface area contributed by atoms with Crippen LogP contribution < -0.4 is 0 Å². The maximum Gasteiger partial charge on any atom is 0.105 e. The van der Waals surface area contributed by atoms with Gasteiger partial charge >= 0.3 is 0 Å². The molecule has 3 nitrogen and oxygen atoms in total. The SMILES string of the molecule is CCCCCCCCCCCCCCCCCCC(C)(O)C(O)CO. The summed E-state index contributed by atoms with van der Waals surface area (Å²) in [6.07, 6.45) is 20.8. The summed E-state index contributed by atoms with van der Waals surface area (Å²) >= 11 is 0. The minimum atomic E-state index is -1.15. The highest BCUT2D eigenvalue weighted by atomic mass is 16.4. The summed E-state index contributed by atoms with van der Waals surface area (Å²) in [6.45, 7) is 3.51. The summed E-state index contributed by atoms with van der Waals surface area (Å²) in [4.78, 5) is 0. The highest BCUT2D eigenvalue weighted by Gasteiger charge is 2.28. The molecule has 0 aliphatic carbocycles. The first-order valence-electron chi connectivity index (χ1n) is 11.1. The highest BCUT2D eigenvalue weighted by Crippen LogP contribution is 2.20. The Morgan fingerprint density at radius 1 is 0.640 bits per heavy atom. The summed E-state index contributed by atoms with van der Waals surface area (Å²) < 4.78 is 0. The molecule has 2 atom stereocenters. The van der Waals surface area contributed by atoms with Crippen LogP contribution in [0.25, 0.3) is 0 Å². The normalized spacial score (nSPS) is 15.2. The number of aliphatic hydroxyl groups is 3. The predicted molar refractivity (Wildman–Crippen MR) is 108 cm³/mol. The molecule has 0 bridgehead atoms. The lowest BCUT2D eigenvalue weighted by Gasteiger charge is -2.27. The van der Waals surface area contributed by atoms with Crippen LogP contribution in [0.5, 0.6) is 0 Å². The van der Waals surface area contributed by atoms with Crippen LogP contribution in [0.3, 0.4) is 0 Å². The van der Waals surface area contributed by atoms with E-state index in [9.17, 15) is 10.2 Å². The average Bonchev–Trinajstić information content (AvgIpc) is 2.60. The molecule has 0 aliphatic heterocycles. The van der Waals surface area contributed by atoms with Gasteiger partial charge in [0.2, 0.25) is 0 Å². The van der Waals surface area contributed by atoms with Crippen molar-refractivity contribution in [2.45, 2.75) is 135 Å². The molecule has 0 heterocycles. The van der Waals surface area contributed by atoms with Gasteiger partial charge < -0.3 is 15.3 Å². The molecule has 3 N–H and O–H groups in total. The van der Waals surface area contributed by atoms with Crippen molar-refractivity contribution in [3.63, 3.8) is 0 Å². The molecule has 0 aromatic heterocycles. The van der Waals surface area contributed by atoms with Crippen LogP contribution in [0.4, 0.5) is 0 Å². The Balaban J connectivity index is 3.19. The van der Waals surface area contributed by atoms with E-state index in [4.69, 9.17) is 5.11 Å². The molecule has 152 valence electrons. The zero-order chi connectivity index (χ0) is 18.8. The Hall–Kier alpha value is -0.120. The molecule has 0 saturated heterocycles. The fraction of sp³-hybridized carbons (Fsp3) is 1.00. The van der Waals surface area contributed by atoms with Crippen molar-refractivity contribution < 1.29 is 15.3 Å². The second-order valence-corrected chi connectivity index (χ2v) is 8.11. The Morgan fingerprint density at radius 2 is 0.960 bits per heavy atom. The van der Waals surface area contributed by atoms with Crippen LogP contribution in [0.15, 0.2) is 0 Å². The van der Waals surface area contributed by atoms with Crippen LogP contribution >= 0.6 is 0 Å². The average molecular weight is 359 g/mol. The molecular formula is C22H46O3. The fourth-order valence-corrected chi connectivity index (χ4v) is 3.39. The summed E-state index contributed by atoms with van der Waals surface area (Å²) in [5.74, 6) is 0. The molecule has 0 amide bonds. The molecule has 0 spiro atoms. The van der Waals surface area contributed by atoms with Crippen molar-refractivity contribution in [1.29, 1.82) is 0 Å². The van der Waals surface area contributed by atoms with Gasteiger partial charge in [0, 0.05) is 0 Å². The third kappa shape index (κ3) is 15.8. The van der Waals surface area contributed by atoms with Gasteiger partial charge in [0.15, 0.2) is 0 Å². The number of hydrogen-bond acceptors (Lipinski definition) is 3. The van der Waals surface area contributed by atoms with Gasteiger partial charge in [-0.15, -0.1) is 0 Å². The van der Waals surface area contributed by atoms with Gasteiger partial charge in [0.1, 0.15) is 6.10 Å². The first-order chi connectivity index (χ1) is 12.0. The van der Waals surface area contributed by atoms with Crippen molar-refractivity contribution in [2.75, 3.05) is 6.61 Å². The summed E-state index contributed by atoms with van der Waals surface area (Å²) in [5, 5.41) is 28.4. The molecule has 25 heavy (non-hydrogen) atoms. The van der Waals surface area contributed by atoms with Crippen LogP contribution in [-0.2, 0) is 0 Å². The van der Waals surface area contributed by atoms with E-state index in [2.05, 4.69) is 6.92 Å². The van der Waals surface area contributed by atoms with Gasteiger partial charge in [-0.3, -0.25) is 0 Å². The van der Waals surface area contributed by atoms with E-state index in [0.717, 1.165) is 12.8 Å².